The van der Waals surface area contributed by atoms with E-state index in [0.29, 0.717) is 5.56 Å². The number of hydrogen-bond donors (Lipinski definition) is 2. The fourth-order valence-corrected chi connectivity index (χ4v) is 2.78. The van der Waals surface area contributed by atoms with Gasteiger partial charge in [-0.25, -0.2) is 0 Å². The maximum absolute atomic E-state index is 12.4. The first-order valence-electron chi connectivity index (χ1n) is 7.31. The molecule has 1 aromatic carbocycles. The van der Waals surface area contributed by atoms with Gasteiger partial charge in [-0.1, -0.05) is 18.2 Å². The quantitative estimate of drug-likeness (QED) is 0.908. The van der Waals surface area contributed by atoms with Gasteiger partial charge in [0.2, 0.25) is 5.91 Å². The molecular weight excluding hydrogens is 264 g/mol. The molecule has 0 aliphatic heterocycles. The van der Waals surface area contributed by atoms with Crippen molar-refractivity contribution < 1.29 is 4.79 Å². The minimum Gasteiger partial charge on any atom is -0.364 e. The molecule has 2 N–H and O–H groups in total. The molecule has 0 bridgehead atoms. The second-order valence-corrected chi connectivity index (χ2v) is 5.40. The summed E-state index contributed by atoms with van der Waals surface area (Å²) in [4.78, 5) is 27.6. The number of amides is 1. The molecule has 21 heavy (non-hydrogen) atoms. The van der Waals surface area contributed by atoms with Crippen molar-refractivity contribution in [2.45, 2.75) is 32.1 Å². The summed E-state index contributed by atoms with van der Waals surface area (Å²) in [5.74, 6) is -0.164. The van der Waals surface area contributed by atoms with Gasteiger partial charge in [-0.2, -0.15) is 0 Å². The van der Waals surface area contributed by atoms with E-state index < -0.39 is 0 Å². The molecule has 0 atom stereocenters. The van der Waals surface area contributed by atoms with Gasteiger partial charge in [0.1, 0.15) is 0 Å². The normalized spacial score (nSPS) is 13.5. The van der Waals surface area contributed by atoms with Crippen molar-refractivity contribution in [3.63, 3.8) is 0 Å². The van der Waals surface area contributed by atoms with Crippen molar-refractivity contribution in [3.05, 3.63) is 63.6 Å². The lowest BCUT2D eigenvalue weighted by Gasteiger charge is -2.15. The van der Waals surface area contributed by atoms with Crippen molar-refractivity contribution in [3.8, 4) is 0 Å². The van der Waals surface area contributed by atoms with Crippen LogP contribution < -0.4 is 10.7 Å². The number of H-pyrrole nitrogens is 1. The van der Waals surface area contributed by atoms with E-state index in [-0.39, 0.29) is 17.8 Å². The number of aryl methyl sites for hydroxylation is 1. The smallest absolute Gasteiger partial charge is 0.228 e. The minimum absolute atomic E-state index is 0.0339. The third kappa shape index (κ3) is 3.05. The molecule has 2 aromatic rings. The Labute approximate surface area is 123 Å². The lowest BCUT2D eigenvalue weighted by Crippen LogP contribution is -2.25. The predicted molar refractivity (Wildman–Crippen MR) is 82.5 cm³/mol. The van der Waals surface area contributed by atoms with Crippen LogP contribution in [0.3, 0.4) is 0 Å². The van der Waals surface area contributed by atoms with E-state index >= 15 is 0 Å². The van der Waals surface area contributed by atoms with Crippen molar-refractivity contribution >= 4 is 11.6 Å². The van der Waals surface area contributed by atoms with Gasteiger partial charge >= 0.3 is 0 Å². The predicted octanol–water partition coefficient (Wildman–Crippen LogP) is 2.43. The van der Waals surface area contributed by atoms with Gasteiger partial charge in [-0.05, 0) is 37.8 Å². The van der Waals surface area contributed by atoms with Crippen LogP contribution in [-0.4, -0.2) is 10.9 Å². The Hall–Kier alpha value is -2.36. The highest BCUT2D eigenvalue weighted by atomic mass is 16.1. The Balaban J connectivity index is 1.76. The number of hydrogen-bond acceptors (Lipinski definition) is 2. The molecule has 0 saturated heterocycles. The van der Waals surface area contributed by atoms with Crippen LogP contribution in [0, 0.1) is 0 Å². The third-order valence-corrected chi connectivity index (χ3v) is 3.86. The van der Waals surface area contributed by atoms with Crippen molar-refractivity contribution in [1.82, 2.24) is 4.98 Å². The molecule has 1 aromatic heterocycles. The summed E-state index contributed by atoms with van der Waals surface area (Å²) in [6.45, 7) is 0. The minimum atomic E-state index is -0.164. The number of fused-ring (bicyclic) bond motifs is 1. The molecule has 1 aliphatic rings. The zero-order chi connectivity index (χ0) is 14.7. The van der Waals surface area contributed by atoms with E-state index in [1.54, 1.807) is 6.20 Å². The summed E-state index contributed by atoms with van der Waals surface area (Å²) < 4.78 is 0. The number of nitrogens with one attached hydrogen (secondary N) is 2. The summed E-state index contributed by atoms with van der Waals surface area (Å²) in [6, 6.07) is 9.27. The maximum atomic E-state index is 12.4. The Morgan fingerprint density at radius 1 is 1.14 bits per heavy atom. The number of para-hydroxylation sites is 1. The summed E-state index contributed by atoms with van der Waals surface area (Å²) in [5, 5.41) is 2.81. The molecule has 4 nitrogen and oxygen atoms in total. The monoisotopic (exact) mass is 282 g/mol. The number of aromatic amines is 1. The third-order valence-electron chi connectivity index (χ3n) is 3.86. The molecule has 3 rings (SSSR count). The highest BCUT2D eigenvalue weighted by Crippen LogP contribution is 2.16. The fourth-order valence-electron chi connectivity index (χ4n) is 2.78. The zero-order valence-corrected chi connectivity index (χ0v) is 11.8. The molecule has 0 unspecified atom stereocenters. The van der Waals surface area contributed by atoms with E-state index in [4.69, 9.17) is 0 Å². The first-order valence-corrected chi connectivity index (χ1v) is 7.31. The topological polar surface area (TPSA) is 62.0 Å². The summed E-state index contributed by atoms with van der Waals surface area (Å²) in [7, 11) is 0. The number of carbonyl (C=O) groups excluding carboxylic acids is 1. The molecule has 1 aliphatic carbocycles. The van der Waals surface area contributed by atoms with Crippen molar-refractivity contribution in [2.75, 3.05) is 5.32 Å². The van der Waals surface area contributed by atoms with E-state index in [1.807, 2.05) is 30.3 Å². The van der Waals surface area contributed by atoms with Crippen molar-refractivity contribution in [2.24, 2.45) is 0 Å². The molecule has 0 radical (unpaired) electrons. The molecule has 1 amide bonds. The van der Waals surface area contributed by atoms with Crippen LogP contribution in [-0.2, 0) is 24.1 Å². The molecule has 4 heteroatoms. The first-order chi connectivity index (χ1) is 10.2. The Kier molecular flexibility index (Phi) is 3.86. The number of pyridine rings is 1. The molecule has 0 fully saturated rings. The zero-order valence-electron chi connectivity index (χ0n) is 11.8. The molecule has 108 valence electrons. The standard InChI is InChI=1S/C17H18N2O2/c20-16(19-13-6-2-1-3-7-13)10-12-11-18-15-9-5-4-8-14(15)17(12)21/h1-3,6-7,11H,4-5,8-10H2,(H,18,21)(H,19,20). The van der Waals surface area contributed by atoms with Crippen LogP contribution in [0.2, 0.25) is 0 Å². The lowest BCUT2D eigenvalue weighted by molar-refractivity contribution is -0.115. The largest absolute Gasteiger partial charge is 0.364 e. The van der Waals surface area contributed by atoms with Gasteiger partial charge in [0.25, 0.3) is 0 Å². The van der Waals surface area contributed by atoms with Gasteiger partial charge in [-0.15, -0.1) is 0 Å². The Bertz CT molecular complexity index is 704. The number of benzene rings is 1. The first kappa shape index (κ1) is 13.6. The number of rotatable bonds is 3. The average molecular weight is 282 g/mol. The number of carbonyl (C=O) groups is 1. The van der Waals surface area contributed by atoms with Gasteiger partial charge in [0.05, 0.1) is 6.42 Å². The highest BCUT2D eigenvalue weighted by molar-refractivity contribution is 5.92. The summed E-state index contributed by atoms with van der Waals surface area (Å²) >= 11 is 0. The van der Waals surface area contributed by atoms with E-state index in [0.717, 1.165) is 42.6 Å². The van der Waals surface area contributed by atoms with Crippen LogP contribution in [0.15, 0.2) is 41.3 Å². The van der Waals surface area contributed by atoms with E-state index in [2.05, 4.69) is 10.3 Å². The van der Waals surface area contributed by atoms with E-state index in [9.17, 15) is 9.59 Å². The van der Waals surface area contributed by atoms with Crippen molar-refractivity contribution in [1.29, 1.82) is 0 Å². The van der Waals surface area contributed by atoms with Crippen LogP contribution in [0.1, 0.15) is 29.7 Å². The SMILES string of the molecule is O=C(Cc1c[nH]c2c(c1=O)CCCC2)Nc1ccccc1. The summed E-state index contributed by atoms with van der Waals surface area (Å²) in [6.07, 6.45) is 5.72. The Morgan fingerprint density at radius 2 is 1.90 bits per heavy atom. The number of anilines is 1. The van der Waals surface area contributed by atoms with Gasteiger partial charge in [0, 0.05) is 28.7 Å². The lowest BCUT2D eigenvalue weighted by atomic mass is 9.94. The average Bonchev–Trinajstić information content (AvgIpc) is 2.51. The van der Waals surface area contributed by atoms with Crippen LogP contribution >= 0.6 is 0 Å². The number of aromatic nitrogens is 1. The van der Waals surface area contributed by atoms with Crippen LogP contribution in [0.25, 0.3) is 0 Å². The second-order valence-electron chi connectivity index (χ2n) is 5.40. The second kappa shape index (κ2) is 5.95. The van der Waals surface area contributed by atoms with E-state index in [1.165, 1.54) is 0 Å². The van der Waals surface area contributed by atoms with Crippen LogP contribution in [0.4, 0.5) is 5.69 Å². The molecule has 0 spiro atoms. The van der Waals surface area contributed by atoms with Gasteiger partial charge < -0.3 is 10.3 Å². The molecular formula is C17H18N2O2. The molecule has 0 saturated carbocycles. The summed E-state index contributed by atoms with van der Waals surface area (Å²) in [5.41, 5.74) is 3.23. The van der Waals surface area contributed by atoms with Gasteiger partial charge in [-0.3, -0.25) is 9.59 Å². The van der Waals surface area contributed by atoms with Gasteiger partial charge in [0.15, 0.2) is 5.43 Å². The fraction of sp³-hybridized carbons (Fsp3) is 0.294. The van der Waals surface area contributed by atoms with Crippen LogP contribution in [0.5, 0.6) is 0 Å². The molecule has 1 heterocycles. The maximum Gasteiger partial charge on any atom is 0.228 e. The highest BCUT2D eigenvalue weighted by Gasteiger charge is 2.16. The Morgan fingerprint density at radius 3 is 2.71 bits per heavy atom.